The van der Waals surface area contributed by atoms with E-state index in [2.05, 4.69) is 4.98 Å². The van der Waals surface area contributed by atoms with E-state index >= 15 is 0 Å². The molecule has 0 aliphatic heterocycles. The van der Waals surface area contributed by atoms with E-state index in [0.29, 0.717) is 29.0 Å². The van der Waals surface area contributed by atoms with E-state index in [1.807, 2.05) is 6.92 Å². The highest BCUT2D eigenvalue weighted by Crippen LogP contribution is 2.36. The van der Waals surface area contributed by atoms with Crippen LogP contribution in [-0.4, -0.2) is 35.8 Å². The van der Waals surface area contributed by atoms with Crippen molar-refractivity contribution in [3.05, 3.63) is 67.8 Å². The van der Waals surface area contributed by atoms with E-state index in [1.165, 1.54) is 19.2 Å². The van der Waals surface area contributed by atoms with Crippen LogP contribution in [0, 0.1) is 0 Å². The summed E-state index contributed by atoms with van der Waals surface area (Å²) in [5.41, 5.74) is -0.200. The number of aromatic nitrogens is 2. The predicted molar refractivity (Wildman–Crippen MR) is 113 cm³/mol. The van der Waals surface area contributed by atoms with Gasteiger partial charge >= 0.3 is 11.7 Å². The average molecular weight is 433 g/mol. The Morgan fingerprint density at radius 2 is 1.97 bits per heavy atom. The van der Waals surface area contributed by atoms with Crippen LogP contribution in [0.15, 0.2) is 46.0 Å². The van der Waals surface area contributed by atoms with E-state index in [1.54, 1.807) is 24.3 Å². The maximum absolute atomic E-state index is 12.5. The number of nitrogens with one attached hydrogen (secondary N) is 1. The lowest BCUT2D eigenvalue weighted by Gasteiger charge is -2.13. The van der Waals surface area contributed by atoms with Gasteiger partial charge in [-0.25, -0.2) is 9.59 Å². The van der Waals surface area contributed by atoms with Crippen molar-refractivity contribution in [2.24, 2.45) is 0 Å². The fourth-order valence-electron chi connectivity index (χ4n) is 2.99. The lowest BCUT2D eigenvalue weighted by atomic mass is 10.2. The number of aromatic amines is 1. The zero-order valence-electron chi connectivity index (χ0n) is 16.6. The number of para-hydroxylation sites is 1. The van der Waals surface area contributed by atoms with Crippen LogP contribution in [-0.2, 0) is 11.3 Å². The number of H-pyrrole nitrogens is 1. The van der Waals surface area contributed by atoms with Gasteiger partial charge in [0, 0.05) is 6.54 Å². The van der Waals surface area contributed by atoms with Gasteiger partial charge in [0.1, 0.15) is 0 Å². The molecule has 1 aromatic heterocycles. The first-order valence-electron chi connectivity index (χ1n) is 9.35. The fraction of sp³-hybridized carbons (Fsp3) is 0.286. The maximum atomic E-state index is 12.5. The topological polar surface area (TPSA) is 99.6 Å². The Balaban J connectivity index is 1.66. The zero-order valence-corrected chi connectivity index (χ0v) is 17.3. The van der Waals surface area contributed by atoms with Crippen molar-refractivity contribution in [1.82, 2.24) is 9.55 Å². The van der Waals surface area contributed by atoms with Crippen LogP contribution in [0.4, 0.5) is 0 Å². The van der Waals surface area contributed by atoms with Gasteiger partial charge in [-0.15, -0.1) is 0 Å². The highest BCUT2D eigenvalue weighted by Gasteiger charge is 2.17. The number of hydrogen-bond acceptors (Lipinski definition) is 6. The van der Waals surface area contributed by atoms with Gasteiger partial charge in [0.15, 0.2) is 11.5 Å². The van der Waals surface area contributed by atoms with E-state index in [-0.39, 0.29) is 35.7 Å². The van der Waals surface area contributed by atoms with Gasteiger partial charge < -0.3 is 19.2 Å². The number of carbonyl (C=O) groups is 1. The second kappa shape index (κ2) is 9.49. The quantitative estimate of drug-likeness (QED) is 0.434. The standard InChI is InChI=1S/C21H21ClN2O6/c1-3-29-18-15(22)11-13(12-17(18)28-2)20(26)30-10-6-9-24-19(25)14-7-4-5-8-16(14)23-21(24)27/h4-5,7-8,11-12H,3,6,9-10H2,1-2H3,(H,23,27). The summed E-state index contributed by atoms with van der Waals surface area (Å²) >= 11 is 6.17. The Kier molecular flexibility index (Phi) is 6.79. The Morgan fingerprint density at radius 1 is 1.20 bits per heavy atom. The number of methoxy groups -OCH3 is 1. The monoisotopic (exact) mass is 432 g/mol. The van der Waals surface area contributed by atoms with Crippen LogP contribution in [0.25, 0.3) is 10.9 Å². The molecular weight excluding hydrogens is 412 g/mol. The molecule has 0 aliphatic rings. The summed E-state index contributed by atoms with van der Waals surface area (Å²) in [4.78, 5) is 39.7. The lowest BCUT2D eigenvalue weighted by molar-refractivity contribution is 0.0495. The molecule has 30 heavy (non-hydrogen) atoms. The average Bonchev–Trinajstić information content (AvgIpc) is 2.74. The number of ether oxygens (including phenoxy) is 3. The molecule has 3 rings (SSSR count). The molecule has 1 heterocycles. The van der Waals surface area contributed by atoms with Crippen LogP contribution in [0.1, 0.15) is 23.7 Å². The van der Waals surface area contributed by atoms with E-state index in [4.69, 9.17) is 25.8 Å². The van der Waals surface area contributed by atoms with Gasteiger partial charge in [-0.2, -0.15) is 0 Å². The number of hydrogen-bond donors (Lipinski definition) is 1. The largest absolute Gasteiger partial charge is 0.493 e. The fourth-order valence-corrected chi connectivity index (χ4v) is 3.26. The van der Waals surface area contributed by atoms with Gasteiger partial charge in [-0.3, -0.25) is 9.36 Å². The van der Waals surface area contributed by atoms with E-state index in [9.17, 15) is 14.4 Å². The normalized spacial score (nSPS) is 10.8. The van der Waals surface area contributed by atoms with Crippen LogP contribution in [0.5, 0.6) is 11.5 Å². The molecule has 0 saturated carbocycles. The SMILES string of the molecule is CCOc1c(Cl)cc(C(=O)OCCCn2c(=O)[nH]c3ccccc3c2=O)cc1OC. The summed E-state index contributed by atoms with van der Waals surface area (Å²) in [5, 5.41) is 0.655. The molecule has 0 atom stereocenters. The molecule has 0 radical (unpaired) electrons. The van der Waals surface area contributed by atoms with Crippen molar-refractivity contribution in [3.8, 4) is 11.5 Å². The Hall–Kier alpha value is -3.26. The second-order valence-corrected chi connectivity index (χ2v) is 6.75. The number of esters is 1. The van der Waals surface area contributed by atoms with Crippen molar-refractivity contribution in [2.45, 2.75) is 19.9 Å². The summed E-state index contributed by atoms with van der Waals surface area (Å²) in [6, 6.07) is 9.70. The number of carbonyl (C=O) groups excluding carboxylic acids is 1. The Labute approximate surface area is 177 Å². The van der Waals surface area contributed by atoms with Crippen molar-refractivity contribution >= 4 is 28.5 Å². The highest BCUT2D eigenvalue weighted by molar-refractivity contribution is 6.32. The molecule has 9 heteroatoms. The van der Waals surface area contributed by atoms with Crippen molar-refractivity contribution < 1.29 is 19.0 Å². The summed E-state index contributed by atoms with van der Waals surface area (Å²) in [6.07, 6.45) is 0.287. The molecule has 0 unspecified atom stereocenters. The number of benzene rings is 2. The summed E-state index contributed by atoms with van der Waals surface area (Å²) < 4.78 is 17.0. The molecule has 0 saturated heterocycles. The third kappa shape index (κ3) is 4.49. The van der Waals surface area contributed by atoms with Gasteiger partial charge in [-0.1, -0.05) is 23.7 Å². The summed E-state index contributed by atoms with van der Waals surface area (Å²) in [5.74, 6) is 0.0803. The van der Waals surface area contributed by atoms with Gasteiger partial charge in [0.25, 0.3) is 5.56 Å². The molecule has 158 valence electrons. The Morgan fingerprint density at radius 3 is 2.70 bits per heavy atom. The highest BCUT2D eigenvalue weighted by atomic mass is 35.5. The summed E-state index contributed by atoms with van der Waals surface area (Å²) in [6.45, 7) is 2.33. The first-order chi connectivity index (χ1) is 14.5. The first-order valence-corrected chi connectivity index (χ1v) is 9.73. The molecule has 3 aromatic rings. The van der Waals surface area contributed by atoms with E-state index < -0.39 is 11.7 Å². The molecule has 0 amide bonds. The van der Waals surface area contributed by atoms with Crippen molar-refractivity contribution in [1.29, 1.82) is 0 Å². The van der Waals surface area contributed by atoms with Crippen LogP contribution < -0.4 is 20.7 Å². The minimum Gasteiger partial charge on any atom is -0.493 e. The Bertz CT molecular complexity index is 1180. The molecule has 0 spiro atoms. The van der Waals surface area contributed by atoms with Crippen LogP contribution in [0.2, 0.25) is 5.02 Å². The molecule has 0 fully saturated rings. The molecule has 0 bridgehead atoms. The summed E-state index contributed by atoms with van der Waals surface area (Å²) in [7, 11) is 1.45. The second-order valence-electron chi connectivity index (χ2n) is 6.34. The van der Waals surface area contributed by atoms with Gasteiger partial charge in [0.2, 0.25) is 0 Å². The van der Waals surface area contributed by atoms with Gasteiger partial charge in [-0.05, 0) is 37.6 Å². The van der Waals surface area contributed by atoms with Crippen LogP contribution in [0.3, 0.4) is 0 Å². The van der Waals surface area contributed by atoms with Crippen molar-refractivity contribution in [2.75, 3.05) is 20.3 Å². The lowest BCUT2D eigenvalue weighted by Crippen LogP contribution is -2.35. The van der Waals surface area contributed by atoms with Gasteiger partial charge in [0.05, 0.1) is 41.8 Å². The number of nitrogens with zero attached hydrogens (tertiary/aromatic N) is 1. The van der Waals surface area contributed by atoms with Crippen LogP contribution >= 0.6 is 11.6 Å². The maximum Gasteiger partial charge on any atom is 0.338 e. The zero-order chi connectivity index (χ0) is 21.7. The molecule has 0 aliphatic carbocycles. The molecule has 8 nitrogen and oxygen atoms in total. The van der Waals surface area contributed by atoms with E-state index in [0.717, 1.165) is 4.57 Å². The molecule has 1 N–H and O–H groups in total. The smallest absolute Gasteiger partial charge is 0.338 e. The number of fused-ring (bicyclic) bond motifs is 1. The molecular formula is C21H21ClN2O6. The number of rotatable bonds is 8. The number of halogens is 1. The molecule has 2 aromatic carbocycles. The minimum absolute atomic E-state index is 0.0185. The first kappa shape index (κ1) is 21.4. The third-order valence-corrected chi connectivity index (χ3v) is 4.68. The minimum atomic E-state index is -0.599. The predicted octanol–water partition coefficient (Wildman–Crippen LogP) is 3.00. The third-order valence-electron chi connectivity index (χ3n) is 4.40. The van der Waals surface area contributed by atoms with Crippen molar-refractivity contribution in [3.63, 3.8) is 0 Å².